The Bertz CT molecular complexity index is 1340. The molecule has 0 heterocycles. The van der Waals surface area contributed by atoms with Crippen LogP contribution in [0.3, 0.4) is 0 Å². The topological polar surface area (TPSA) is 140 Å². The van der Waals surface area contributed by atoms with Crippen LogP contribution in [0.15, 0.2) is 54.6 Å². The summed E-state index contributed by atoms with van der Waals surface area (Å²) in [6, 6.07) is 13.7. The number of hydrogen-bond acceptors (Lipinski definition) is 8. The molecular formula is C40H59N3O8. The van der Waals surface area contributed by atoms with Crippen molar-refractivity contribution < 1.29 is 38.2 Å². The third-order valence-corrected chi connectivity index (χ3v) is 8.17. The van der Waals surface area contributed by atoms with Crippen LogP contribution in [-0.4, -0.2) is 73.1 Å². The van der Waals surface area contributed by atoms with Crippen molar-refractivity contribution >= 4 is 29.8 Å². The number of carbonyl (C=O) groups excluding carboxylic acids is 5. The van der Waals surface area contributed by atoms with Gasteiger partial charge in [-0.25, -0.2) is 9.59 Å². The molecule has 2 N–H and O–H groups in total. The number of amides is 3. The Labute approximate surface area is 304 Å². The van der Waals surface area contributed by atoms with Crippen molar-refractivity contribution in [3.8, 4) is 0 Å². The predicted octanol–water partition coefficient (Wildman–Crippen LogP) is 7.37. The fourth-order valence-corrected chi connectivity index (χ4v) is 5.44. The molecule has 11 heteroatoms. The Balaban J connectivity index is 2.09. The van der Waals surface area contributed by atoms with E-state index in [9.17, 15) is 24.0 Å². The van der Waals surface area contributed by atoms with E-state index in [1.807, 2.05) is 18.2 Å². The van der Waals surface area contributed by atoms with Crippen molar-refractivity contribution in [2.75, 3.05) is 26.7 Å². The molecule has 3 amide bonds. The van der Waals surface area contributed by atoms with Crippen molar-refractivity contribution in [2.24, 2.45) is 0 Å². The smallest absolute Gasteiger partial charge is 0.408 e. The van der Waals surface area contributed by atoms with Gasteiger partial charge < -0.3 is 29.7 Å². The van der Waals surface area contributed by atoms with E-state index in [1.165, 1.54) is 87.6 Å². The standard InChI is InChI=1S/C40H59N3O8/c1-6-7-8-9-10-11-12-13-14-15-16-20-27-43(29-35(44)51-40(2,3)4)37(46)34(42-39(48)50-30-31-21-18-17-19-22-31)28-41-36(45)32-23-25-33(26-24-32)38(47)49-5/h17-19,21-26,34H,6-16,20,27-30H2,1-5H3,(H,41,45)(H,42,48)/t34-/m0/s1. The average Bonchev–Trinajstić information content (AvgIpc) is 3.11. The largest absolute Gasteiger partial charge is 0.465 e. The van der Waals surface area contributed by atoms with Crippen molar-refractivity contribution in [3.05, 3.63) is 71.3 Å². The van der Waals surface area contributed by atoms with Gasteiger partial charge in [0.25, 0.3) is 5.91 Å². The number of alkyl carbamates (subject to hydrolysis) is 1. The highest BCUT2D eigenvalue weighted by Gasteiger charge is 2.30. The summed E-state index contributed by atoms with van der Waals surface area (Å²) in [5.41, 5.74) is 0.527. The molecule has 2 rings (SSSR count). The first-order valence-electron chi connectivity index (χ1n) is 18.4. The second-order valence-corrected chi connectivity index (χ2v) is 13.8. The molecule has 1 atom stereocenters. The number of esters is 2. The Morgan fingerprint density at radius 2 is 1.29 bits per heavy atom. The van der Waals surface area contributed by atoms with Gasteiger partial charge in [0.1, 0.15) is 24.8 Å². The molecule has 0 bridgehead atoms. The zero-order valence-corrected chi connectivity index (χ0v) is 31.3. The number of hydrogen-bond donors (Lipinski definition) is 2. The molecule has 0 aliphatic heterocycles. The van der Waals surface area contributed by atoms with Crippen molar-refractivity contribution in [1.29, 1.82) is 0 Å². The summed E-state index contributed by atoms with van der Waals surface area (Å²) in [7, 11) is 1.27. The minimum atomic E-state index is -1.24. The van der Waals surface area contributed by atoms with Crippen LogP contribution in [-0.2, 0) is 30.4 Å². The number of unbranched alkanes of at least 4 members (excludes halogenated alkanes) is 11. The molecule has 0 unspecified atom stereocenters. The maximum Gasteiger partial charge on any atom is 0.408 e. The van der Waals surface area contributed by atoms with Crippen LogP contribution in [0.2, 0.25) is 0 Å². The molecule has 0 radical (unpaired) electrons. The molecule has 11 nitrogen and oxygen atoms in total. The van der Waals surface area contributed by atoms with Crippen molar-refractivity contribution in [2.45, 2.75) is 123 Å². The van der Waals surface area contributed by atoms with E-state index in [-0.39, 0.29) is 37.4 Å². The van der Waals surface area contributed by atoms with E-state index in [4.69, 9.17) is 14.2 Å². The quantitative estimate of drug-likeness (QED) is 0.0693. The maximum atomic E-state index is 14.0. The van der Waals surface area contributed by atoms with Crippen LogP contribution >= 0.6 is 0 Å². The number of nitrogens with one attached hydrogen (secondary N) is 2. The summed E-state index contributed by atoms with van der Waals surface area (Å²) < 4.78 is 15.6. The fourth-order valence-electron chi connectivity index (χ4n) is 5.44. The van der Waals surface area contributed by atoms with Crippen molar-refractivity contribution in [1.82, 2.24) is 15.5 Å². The normalized spacial score (nSPS) is 11.6. The molecule has 2 aromatic carbocycles. The van der Waals surface area contributed by atoms with Gasteiger partial charge in [0, 0.05) is 18.7 Å². The summed E-state index contributed by atoms with van der Waals surface area (Å²) in [5.74, 6) is -2.19. The van der Waals surface area contributed by atoms with E-state index in [2.05, 4.69) is 17.6 Å². The molecule has 51 heavy (non-hydrogen) atoms. The van der Waals surface area contributed by atoms with Crippen LogP contribution in [0, 0.1) is 0 Å². The highest BCUT2D eigenvalue weighted by Crippen LogP contribution is 2.14. The Kier molecular flexibility index (Phi) is 20.0. The van der Waals surface area contributed by atoms with E-state index in [0.717, 1.165) is 24.8 Å². The Morgan fingerprint density at radius 1 is 0.745 bits per heavy atom. The fraction of sp³-hybridized carbons (Fsp3) is 0.575. The molecule has 282 valence electrons. The summed E-state index contributed by atoms with van der Waals surface area (Å²) in [6.07, 6.45) is 13.0. The highest BCUT2D eigenvalue weighted by atomic mass is 16.6. The number of rotatable bonds is 23. The number of carbonyl (C=O) groups is 5. The van der Waals surface area contributed by atoms with Crippen LogP contribution in [0.4, 0.5) is 4.79 Å². The van der Waals surface area contributed by atoms with Gasteiger partial charge in [-0.05, 0) is 57.0 Å². The maximum absolute atomic E-state index is 14.0. The predicted molar refractivity (Wildman–Crippen MR) is 197 cm³/mol. The molecule has 0 aromatic heterocycles. The number of methoxy groups -OCH3 is 1. The first-order valence-corrected chi connectivity index (χ1v) is 18.4. The van der Waals surface area contributed by atoms with Gasteiger partial charge in [-0.2, -0.15) is 0 Å². The first-order chi connectivity index (χ1) is 24.4. The van der Waals surface area contributed by atoms with Crippen LogP contribution < -0.4 is 10.6 Å². The zero-order chi connectivity index (χ0) is 37.5. The van der Waals surface area contributed by atoms with Crippen LogP contribution in [0.1, 0.15) is 131 Å². The lowest BCUT2D eigenvalue weighted by atomic mass is 10.1. The van der Waals surface area contributed by atoms with Gasteiger partial charge in [-0.1, -0.05) is 108 Å². The first kappa shape index (κ1) is 42.8. The molecular weight excluding hydrogens is 650 g/mol. The summed E-state index contributed by atoms with van der Waals surface area (Å²) in [4.78, 5) is 66.1. The Hall–Kier alpha value is -4.41. The lowest BCUT2D eigenvalue weighted by Gasteiger charge is -2.29. The monoisotopic (exact) mass is 709 g/mol. The number of benzene rings is 2. The lowest BCUT2D eigenvalue weighted by Crippen LogP contribution is -2.55. The molecule has 0 aliphatic carbocycles. The lowest BCUT2D eigenvalue weighted by molar-refractivity contribution is -0.159. The molecule has 0 saturated heterocycles. The second-order valence-electron chi connectivity index (χ2n) is 13.8. The average molecular weight is 710 g/mol. The summed E-state index contributed by atoms with van der Waals surface area (Å²) >= 11 is 0. The summed E-state index contributed by atoms with van der Waals surface area (Å²) in [6.45, 7) is 7.15. The van der Waals surface area contributed by atoms with Gasteiger partial charge in [-0.15, -0.1) is 0 Å². The third-order valence-electron chi connectivity index (χ3n) is 8.17. The number of ether oxygens (including phenoxy) is 3. The van der Waals surface area contributed by atoms with Crippen molar-refractivity contribution in [3.63, 3.8) is 0 Å². The second kappa shape index (κ2) is 23.9. The van der Waals surface area contributed by atoms with Crippen LogP contribution in [0.5, 0.6) is 0 Å². The molecule has 0 aliphatic rings. The van der Waals surface area contributed by atoms with Gasteiger partial charge >= 0.3 is 18.0 Å². The minimum Gasteiger partial charge on any atom is -0.465 e. The Morgan fingerprint density at radius 3 is 1.84 bits per heavy atom. The molecule has 0 saturated carbocycles. The summed E-state index contributed by atoms with van der Waals surface area (Å²) in [5, 5.41) is 5.29. The van der Waals surface area contributed by atoms with E-state index < -0.39 is 41.5 Å². The van der Waals surface area contributed by atoms with Crippen LogP contribution in [0.25, 0.3) is 0 Å². The highest BCUT2D eigenvalue weighted by molar-refractivity contribution is 5.97. The minimum absolute atomic E-state index is 0.0209. The molecule has 0 spiro atoms. The van der Waals surface area contributed by atoms with Gasteiger partial charge in [0.05, 0.1) is 12.7 Å². The molecule has 0 fully saturated rings. The van der Waals surface area contributed by atoms with Gasteiger partial charge in [-0.3, -0.25) is 14.4 Å². The van der Waals surface area contributed by atoms with Gasteiger partial charge in [0.15, 0.2) is 0 Å². The zero-order valence-electron chi connectivity index (χ0n) is 31.3. The van der Waals surface area contributed by atoms with E-state index in [1.54, 1.807) is 32.9 Å². The molecule has 2 aromatic rings. The number of nitrogens with zero attached hydrogens (tertiary/aromatic N) is 1. The SMILES string of the molecule is CCCCCCCCCCCCCCN(CC(=O)OC(C)(C)C)C(=O)[C@H](CNC(=O)c1ccc(C(=O)OC)cc1)NC(=O)OCc1ccccc1. The van der Waals surface area contributed by atoms with E-state index in [0.29, 0.717) is 6.42 Å². The van der Waals surface area contributed by atoms with Gasteiger partial charge in [0.2, 0.25) is 5.91 Å². The van der Waals surface area contributed by atoms with E-state index >= 15 is 0 Å². The third kappa shape index (κ3) is 18.4.